The summed E-state index contributed by atoms with van der Waals surface area (Å²) in [5, 5.41) is 2.81. The lowest BCUT2D eigenvalue weighted by atomic mass is 10.1. The molecule has 2 unspecified atom stereocenters. The molecular weight excluding hydrogens is 253 g/mol. The van der Waals surface area contributed by atoms with Gasteiger partial charge in [-0.3, -0.25) is 4.21 Å². The van der Waals surface area contributed by atoms with Crippen LogP contribution in [0.2, 0.25) is 0 Å². The third-order valence-electron chi connectivity index (χ3n) is 2.84. The van der Waals surface area contributed by atoms with Gasteiger partial charge in [-0.25, -0.2) is 0 Å². The molecule has 1 aliphatic rings. The Hall–Kier alpha value is -0.140. The second kappa shape index (κ2) is 6.70. The number of halogens is 3. The molecule has 0 aromatic heterocycles. The van der Waals surface area contributed by atoms with Gasteiger partial charge in [-0.15, -0.1) is 0 Å². The highest BCUT2D eigenvalue weighted by Crippen LogP contribution is 2.27. The molecule has 1 saturated heterocycles. The summed E-state index contributed by atoms with van der Waals surface area (Å²) in [5.74, 6) is -0.738. The topological polar surface area (TPSA) is 32.3 Å². The number of nitrogens with zero attached hydrogens (tertiary/aromatic N) is 1. The van der Waals surface area contributed by atoms with Crippen LogP contribution >= 0.6 is 0 Å². The third kappa shape index (κ3) is 5.83. The molecule has 0 aromatic rings. The first-order chi connectivity index (χ1) is 7.89. The van der Waals surface area contributed by atoms with E-state index in [2.05, 4.69) is 5.32 Å². The molecule has 1 fully saturated rings. The van der Waals surface area contributed by atoms with Gasteiger partial charge in [0, 0.05) is 49.0 Å². The Labute approximate surface area is 102 Å². The van der Waals surface area contributed by atoms with E-state index in [0.29, 0.717) is 31.8 Å². The quantitative estimate of drug-likeness (QED) is 0.823. The van der Waals surface area contributed by atoms with Gasteiger partial charge in [0.15, 0.2) is 0 Å². The molecule has 2 atom stereocenters. The predicted molar refractivity (Wildman–Crippen MR) is 62.4 cm³/mol. The van der Waals surface area contributed by atoms with Gasteiger partial charge in [0.1, 0.15) is 0 Å². The molecule has 102 valence electrons. The number of alkyl halides is 3. The molecule has 17 heavy (non-hydrogen) atoms. The van der Waals surface area contributed by atoms with E-state index in [4.69, 9.17) is 0 Å². The van der Waals surface area contributed by atoms with E-state index in [9.17, 15) is 17.4 Å². The van der Waals surface area contributed by atoms with Crippen molar-refractivity contribution < 1.29 is 17.4 Å². The van der Waals surface area contributed by atoms with Crippen LogP contribution in [0.15, 0.2) is 0 Å². The SMILES string of the molecule is CS(=O)CCCN1CCNCC(C(F)(F)F)C1. The van der Waals surface area contributed by atoms with Crippen LogP contribution in [0.25, 0.3) is 0 Å². The molecule has 0 spiro atoms. The van der Waals surface area contributed by atoms with Crippen molar-refractivity contribution in [2.75, 3.05) is 44.7 Å². The average Bonchev–Trinajstić information content (AvgIpc) is 2.41. The van der Waals surface area contributed by atoms with E-state index >= 15 is 0 Å². The Morgan fingerprint density at radius 3 is 2.76 bits per heavy atom. The number of hydrogen-bond donors (Lipinski definition) is 1. The van der Waals surface area contributed by atoms with Crippen LogP contribution in [-0.4, -0.2) is 60.0 Å². The van der Waals surface area contributed by atoms with Crippen LogP contribution in [0.3, 0.4) is 0 Å². The standard InChI is InChI=1S/C10H19F3N2OS/c1-17(16)6-2-4-15-5-3-14-7-9(8-15)10(11,12)13/h9,14H,2-8H2,1H3. The van der Waals surface area contributed by atoms with E-state index in [1.807, 2.05) is 4.90 Å². The second-order valence-corrected chi connectivity index (χ2v) is 5.93. The first-order valence-electron chi connectivity index (χ1n) is 5.69. The van der Waals surface area contributed by atoms with Gasteiger partial charge in [-0.1, -0.05) is 0 Å². The van der Waals surface area contributed by atoms with Crippen molar-refractivity contribution in [3.8, 4) is 0 Å². The summed E-state index contributed by atoms with van der Waals surface area (Å²) >= 11 is 0. The molecule has 1 rings (SSSR count). The fraction of sp³-hybridized carbons (Fsp3) is 1.00. The molecule has 0 radical (unpaired) electrons. The molecule has 3 nitrogen and oxygen atoms in total. The maximum absolute atomic E-state index is 12.6. The van der Waals surface area contributed by atoms with E-state index in [0.717, 1.165) is 0 Å². The van der Waals surface area contributed by atoms with E-state index in [1.54, 1.807) is 6.26 Å². The molecule has 1 heterocycles. The average molecular weight is 272 g/mol. The van der Waals surface area contributed by atoms with Gasteiger partial charge >= 0.3 is 6.18 Å². The summed E-state index contributed by atoms with van der Waals surface area (Å²) in [6.45, 7) is 1.85. The molecule has 0 aromatic carbocycles. The highest BCUT2D eigenvalue weighted by Gasteiger charge is 2.40. The molecule has 0 amide bonds. The summed E-state index contributed by atoms with van der Waals surface area (Å²) < 4.78 is 48.8. The molecule has 0 aliphatic carbocycles. The number of rotatable bonds is 4. The minimum Gasteiger partial charge on any atom is -0.315 e. The van der Waals surface area contributed by atoms with Crippen LogP contribution < -0.4 is 5.32 Å². The van der Waals surface area contributed by atoms with Gasteiger partial charge in [0.05, 0.1) is 5.92 Å². The minimum absolute atomic E-state index is 0.000289. The summed E-state index contributed by atoms with van der Waals surface area (Å²) in [6, 6.07) is 0. The van der Waals surface area contributed by atoms with Crippen molar-refractivity contribution in [1.82, 2.24) is 10.2 Å². The van der Waals surface area contributed by atoms with Gasteiger partial charge in [-0.05, 0) is 13.0 Å². The summed E-state index contributed by atoms with van der Waals surface area (Å²) in [5.41, 5.74) is 0. The van der Waals surface area contributed by atoms with Gasteiger partial charge in [-0.2, -0.15) is 13.2 Å². The number of hydrogen-bond acceptors (Lipinski definition) is 3. The highest BCUT2D eigenvalue weighted by molar-refractivity contribution is 7.84. The van der Waals surface area contributed by atoms with Crippen molar-refractivity contribution in [2.24, 2.45) is 5.92 Å². The zero-order valence-electron chi connectivity index (χ0n) is 9.92. The zero-order chi connectivity index (χ0) is 12.9. The van der Waals surface area contributed by atoms with Crippen molar-refractivity contribution in [1.29, 1.82) is 0 Å². The highest BCUT2D eigenvalue weighted by atomic mass is 32.2. The Bertz CT molecular complexity index is 260. The Morgan fingerprint density at radius 1 is 1.47 bits per heavy atom. The van der Waals surface area contributed by atoms with Crippen LogP contribution in [0, 0.1) is 5.92 Å². The molecule has 7 heteroatoms. The molecule has 1 aliphatic heterocycles. The van der Waals surface area contributed by atoms with E-state index < -0.39 is 22.9 Å². The van der Waals surface area contributed by atoms with Crippen molar-refractivity contribution in [3.05, 3.63) is 0 Å². The zero-order valence-corrected chi connectivity index (χ0v) is 10.7. The van der Waals surface area contributed by atoms with Crippen molar-refractivity contribution >= 4 is 10.8 Å². The molecule has 1 N–H and O–H groups in total. The van der Waals surface area contributed by atoms with Gasteiger partial charge in [0.25, 0.3) is 0 Å². The lowest BCUT2D eigenvalue weighted by Gasteiger charge is -2.25. The maximum atomic E-state index is 12.6. The van der Waals surface area contributed by atoms with Gasteiger partial charge in [0.2, 0.25) is 0 Å². The summed E-state index contributed by atoms with van der Waals surface area (Å²) in [6.07, 6.45) is -1.83. The molecular formula is C10H19F3N2OS. The lowest BCUT2D eigenvalue weighted by molar-refractivity contribution is -0.175. The van der Waals surface area contributed by atoms with Gasteiger partial charge < -0.3 is 10.2 Å². The molecule has 0 bridgehead atoms. The van der Waals surface area contributed by atoms with Crippen LogP contribution in [0.5, 0.6) is 0 Å². The van der Waals surface area contributed by atoms with Crippen LogP contribution in [0.1, 0.15) is 6.42 Å². The first kappa shape index (κ1) is 14.9. The Balaban J connectivity index is 2.40. The Kier molecular flexibility index (Phi) is 5.88. The van der Waals surface area contributed by atoms with Crippen LogP contribution in [-0.2, 0) is 10.8 Å². The smallest absolute Gasteiger partial charge is 0.315 e. The van der Waals surface area contributed by atoms with Crippen molar-refractivity contribution in [3.63, 3.8) is 0 Å². The fourth-order valence-electron chi connectivity index (χ4n) is 1.89. The second-order valence-electron chi connectivity index (χ2n) is 4.37. The largest absolute Gasteiger partial charge is 0.394 e. The summed E-state index contributed by atoms with van der Waals surface area (Å²) in [4.78, 5) is 1.81. The summed E-state index contributed by atoms with van der Waals surface area (Å²) in [7, 11) is -0.865. The minimum atomic E-state index is -4.14. The monoisotopic (exact) mass is 272 g/mol. The maximum Gasteiger partial charge on any atom is 0.394 e. The number of nitrogens with one attached hydrogen (secondary N) is 1. The third-order valence-corrected chi connectivity index (χ3v) is 3.71. The first-order valence-corrected chi connectivity index (χ1v) is 7.42. The molecule has 0 saturated carbocycles. The van der Waals surface area contributed by atoms with Crippen molar-refractivity contribution in [2.45, 2.75) is 12.6 Å². The van der Waals surface area contributed by atoms with E-state index in [-0.39, 0.29) is 13.1 Å². The predicted octanol–water partition coefficient (Wildman–Crippen LogP) is 0.839. The van der Waals surface area contributed by atoms with E-state index in [1.165, 1.54) is 0 Å². The fourth-order valence-corrected chi connectivity index (χ4v) is 2.43. The lowest BCUT2D eigenvalue weighted by Crippen LogP contribution is -2.38. The Morgan fingerprint density at radius 2 is 2.18 bits per heavy atom. The normalized spacial score (nSPS) is 25.5. The van der Waals surface area contributed by atoms with Crippen LogP contribution in [0.4, 0.5) is 13.2 Å².